The van der Waals surface area contributed by atoms with Gasteiger partial charge in [0.1, 0.15) is 0 Å². The van der Waals surface area contributed by atoms with Gasteiger partial charge < -0.3 is 20.1 Å². The van der Waals surface area contributed by atoms with Crippen LogP contribution in [0, 0.1) is 11.8 Å². The van der Waals surface area contributed by atoms with E-state index in [0.717, 1.165) is 19.3 Å². The van der Waals surface area contributed by atoms with E-state index in [-0.39, 0.29) is 17.9 Å². The summed E-state index contributed by atoms with van der Waals surface area (Å²) in [5.41, 5.74) is 0. The molecule has 1 aliphatic rings. The second-order valence-electron chi connectivity index (χ2n) is 6.03. The van der Waals surface area contributed by atoms with Gasteiger partial charge in [0.15, 0.2) is 0 Å². The summed E-state index contributed by atoms with van der Waals surface area (Å²) < 4.78 is 4.50. The SMILES string of the molecule is COC(=O)/C=C/[C@H](O)[C@@H]1C[C@H](O)C[C@H]1/C=C/CCC[C@H](C)O. The average molecular weight is 312 g/mol. The molecule has 1 aliphatic carbocycles. The first-order chi connectivity index (χ1) is 10.4. The fourth-order valence-corrected chi connectivity index (χ4v) is 2.88. The van der Waals surface area contributed by atoms with Crippen molar-refractivity contribution in [3.63, 3.8) is 0 Å². The first-order valence-corrected chi connectivity index (χ1v) is 7.91. The molecule has 1 saturated carbocycles. The normalized spacial score (nSPS) is 28.3. The quantitative estimate of drug-likeness (QED) is 0.274. The monoisotopic (exact) mass is 312 g/mol. The number of ether oxygens (including phenoxy) is 1. The number of hydrogen-bond acceptors (Lipinski definition) is 5. The zero-order valence-corrected chi connectivity index (χ0v) is 13.4. The van der Waals surface area contributed by atoms with Crippen LogP contribution in [0.3, 0.4) is 0 Å². The van der Waals surface area contributed by atoms with E-state index in [2.05, 4.69) is 10.8 Å². The van der Waals surface area contributed by atoms with Crippen molar-refractivity contribution in [3.8, 4) is 0 Å². The summed E-state index contributed by atoms with van der Waals surface area (Å²) in [6, 6.07) is 0. The maximum Gasteiger partial charge on any atom is 0.330 e. The van der Waals surface area contributed by atoms with E-state index in [0.29, 0.717) is 12.8 Å². The summed E-state index contributed by atoms with van der Waals surface area (Å²) in [5.74, 6) is -0.495. The molecule has 0 aromatic heterocycles. The van der Waals surface area contributed by atoms with Gasteiger partial charge in [-0.15, -0.1) is 0 Å². The first kappa shape index (κ1) is 18.9. The van der Waals surface area contributed by atoms with E-state index in [4.69, 9.17) is 0 Å². The van der Waals surface area contributed by atoms with Gasteiger partial charge in [-0.05, 0) is 56.9 Å². The number of esters is 1. The van der Waals surface area contributed by atoms with Gasteiger partial charge in [-0.3, -0.25) is 0 Å². The lowest BCUT2D eigenvalue weighted by atomic mass is 9.90. The molecule has 0 aliphatic heterocycles. The largest absolute Gasteiger partial charge is 0.466 e. The van der Waals surface area contributed by atoms with Crippen LogP contribution in [0.25, 0.3) is 0 Å². The Morgan fingerprint density at radius 2 is 2.09 bits per heavy atom. The first-order valence-electron chi connectivity index (χ1n) is 7.91. The number of carbonyl (C=O) groups is 1. The van der Waals surface area contributed by atoms with Crippen molar-refractivity contribution in [2.24, 2.45) is 11.8 Å². The number of unbranched alkanes of at least 4 members (excludes halogenated alkanes) is 1. The van der Waals surface area contributed by atoms with Crippen molar-refractivity contribution in [1.82, 2.24) is 0 Å². The summed E-state index contributed by atoms with van der Waals surface area (Å²) >= 11 is 0. The third-order valence-corrected chi connectivity index (χ3v) is 4.08. The second-order valence-corrected chi connectivity index (χ2v) is 6.03. The third-order valence-electron chi connectivity index (χ3n) is 4.08. The molecule has 126 valence electrons. The Bertz CT molecular complexity index is 389. The van der Waals surface area contributed by atoms with Gasteiger partial charge >= 0.3 is 5.97 Å². The minimum absolute atomic E-state index is 0.0936. The Hall–Kier alpha value is -1.17. The molecule has 1 fully saturated rings. The Morgan fingerprint density at radius 1 is 1.36 bits per heavy atom. The van der Waals surface area contributed by atoms with E-state index < -0.39 is 18.2 Å². The molecule has 0 bridgehead atoms. The van der Waals surface area contributed by atoms with Crippen molar-refractivity contribution >= 4 is 5.97 Å². The number of methoxy groups -OCH3 is 1. The second kappa shape index (κ2) is 9.77. The summed E-state index contributed by atoms with van der Waals surface area (Å²) in [5, 5.41) is 29.2. The number of rotatable bonds is 8. The highest BCUT2D eigenvalue weighted by molar-refractivity contribution is 5.81. The molecule has 5 heteroatoms. The highest BCUT2D eigenvalue weighted by atomic mass is 16.5. The lowest BCUT2D eigenvalue weighted by Crippen LogP contribution is -2.21. The highest BCUT2D eigenvalue weighted by Gasteiger charge is 2.35. The maximum atomic E-state index is 11.1. The number of allylic oxidation sites excluding steroid dienone is 2. The zero-order chi connectivity index (χ0) is 16.5. The van der Waals surface area contributed by atoms with Gasteiger partial charge in [0.05, 0.1) is 25.4 Å². The van der Waals surface area contributed by atoms with Crippen molar-refractivity contribution in [2.45, 2.75) is 57.3 Å². The standard InChI is InChI=1S/C17H28O5/c1-12(18)6-4-3-5-7-13-10-14(19)11-15(13)16(20)8-9-17(21)22-2/h5,7-9,12-16,18-20H,3-4,6,10-11H2,1-2H3/b7-5+,9-8+/t12-,13+,14+,15+,16-/m0/s1. The van der Waals surface area contributed by atoms with Crippen LogP contribution in [0.15, 0.2) is 24.3 Å². The average Bonchev–Trinajstić information content (AvgIpc) is 2.84. The van der Waals surface area contributed by atoms with Crippen LogP contribution in [0.2, 0.25) is 0 Å². The van der Waals surface area contributed by atoms with Crippen molar-refractivity contribution in [3.05, 3.63) is 24.3 Å². The molecule has 5 atom stereocenters. The summed E-state index contributed by atoms with van der Waals surface area (Å²) in [6.45, 7) is 1.77. The molecule has 5 nitrogen and oxygen atoms in total. The van der Waals surface area contributed by atoms with Gasteiger partial charge in [0.25, 0.3) is 0 Å². The molecule has 0 heterocycles. The lowest BCUT2D eigenvalue weighted by molar-refractivity contribution is -0.134. The smallest absolute Gasteiger partial charge is 0.330 e. The van der Waals surface area contributed by atoms with Gasteiger partial charge in [-0.2, -0.15) is 0 Å². The van der Waals surface area contributed by atoms with Crippen LogP contribution in [0.1, 0.15) is 39.0 Å². The predicted octanol–water partition coefficient (Wildman–Crippen LogP) is 1.57. The van der Waals surface area contributed by atoms with Gasteiger partial charge in [0, 0.05) is 6.08 Å². The Labute approximate surface area is 132 Å². The van der Waals surface area contributed by atoms with E-state index in [1.807, 2.05) is 6.08 Å². The van der Waals surface area contributed by atoms with Crippen LogP contribution in [0.5, 0.6) is 0 Å². The van der Waals surface area contributed by atoms with Gasteiger partial charge in [-0.25, -0.2) is 4.79 Å². The fraction of sp³-hybridized carbons (Fsp3) is 0.706. The minimum Gasteiger partial charge on any atom is -0.466 e. The van der Waals surface area contributed by atoms with Crippen LogP contribution in [-0.4, -0.2) is 46.7 Å². The molecule has 0 saturated heterocycles. The molecule has 0 spiro atoms. The Balaban J connectivity index is 2.51. The van der Waals surface area contributed by atoms with Crippen molar-refractivity contribution < 1.29 is 24.9 Å². The highest BCUT2D eigenvalue weighted by Crippen LogP contribution is 2.36. The number of hydrogen-bond donors (Lipinski definition) is 3. The maximum absolute atomic E-state index is 11.1. The Kier molecular flexibility index (Phi) is 8.38. The zero-order valence-electron chi connectivity index (χ0n) is 13.4. The van der Waals surface area contributed by atoms with Crippen LogP contribution < -0.4 is 0 Å². The third kappa shape index (κ3) is 6.73. The van der Waals surface area contributed by atoms with Gasteiger partial charge in [-0.1, -0.05) is 12.2 Å². The van der Waals surface area contributed by atoms with Crippen molar-refractivity contribution in [2.75, 3.05) is 7.11 Å². The molecule has 0 radical (unpaired) electrons. The molecular weight excluding hydrogens is 284 g/mol. The Morgan fingerprint density at radius 3 is 2.73 bits per heavy atom. The fourth-order valence-electron chi connectivity index (χ4n) is 2.88. The van der Waals surface area contributed by atoms with Crippen LogP contribution in [-0.2, 0) is 9.53 Å². The van der Waals surface area contributed by atoms with Crippen LogP contribution >= 0.6 is 0 Å². The molecule has 0 aromatic rings. The van der Waals surface area contributed by atoms with Gasteiger partial charge in [0.2, 0.25) is 0 Å². The lowest BCUT2D eigenvalue weighted by Gasteiger charge is -2.19. The molecule has 22 heavy (non-hydrogen) atoms. The summed E-state index contributed by atoms with van der Waals surface area (Å²) in [4.78, 5) is 11.1. The molecule has 1 rings (SSSR count). The van der Waals surface area contributed by atoms with Crippen molar-refractivity contribution in [1.29, 1.82) is 0 Å². The van der Waals surface area contributed by atoms with E-state index in [9.17, 15) is 20.1 Å². The molecule has 0 amide bonds. The van der Waals surface area contributed by atoms with E-state index in [1.54, 1.807) is 6.92 Å². The summed E-state index contributed by atoms with van der Waals surface area (Å²) in [7, 11) is 1.29. The summed E-state index contributed by atoms with van der Waals surface area (Å²) in [6.07, 6.45) is 8.98. The molecular formula is C17H28O5. The minimum atomic E-state index is -0.775. The topological polar surface area (TPSA) is 87.0 Å². The van der Waals surface area contributed by atoms with E-state index in [1.165, 1.54) is 19.3 Å². The molecule has 3 N–H and O–H groups in total. The van der Waals surface area contributed by atoms with E-state index >= 15 is 0 Å². The number of carbonyl (C=O) groups excluding carboxylic acids is 1. The molecule has 0 unspecified atom stereocenters. The van der Waals surface area contributed by atoms with Crippen LogP contribution in [0.4, 0.5) is 0 Å². The number of aliphatic hydroxyl groups is 3. The predicted molar refractivity (Wildman–Crippen MR) is 84.1 cm³/mol. The number of aliphatic hydroxyl groups excluding tert-OH is 3. The molecule has 0 aromatic carbocycles.